The molecule has 2 aromatic carbocycles. The van der Waals surface area contributed by atoms with Crippen molar-refractivity contribution in [3.8, 4) is 0 Å². The van der Waals surface area contributed by atoms with Crippen LogP contribution in [0.15, 0.2) is 42.5 Å². The maximum Gasteiger partial charge on any atom is 0.123 e. The Hall–Kier alpha value is -0.650. The van der Waals surface area contributed by atoms with E-state index in [-0.39, 0.29) is 0 Å². The summed E-state index contributed by atoms with van der Waals surface area (Å²) in [5.41, 5.74) is 1.07. The van der Waals surface area contributed by atoms with Crippen molar-refractivity contribution in [1.29, 1.82) is 0 Å². The van der Waals surface area contributed by atoms with E-state index in [0.717, 1.165) is 3.57 Å². The van der Waals surface area contributed by atoms with Crippen LogP contribution in [0.4, 0.5) is 4.39 Å². The molecule has 0 saturated heterocycles. The quantitative estimate of drug-likeness (QED) is 0.795. The monoisotopic (exact) mass is 362 g/mol. The van der Waals surface area contributed by atoms with Crippen LogP contribution in [0.5, 0.6) is 0 Å². The Bertz CT molecular complexity index is 527. The largest absolute Gasteiger partial charge is 0.384 e. The molecule has 1 N–H and O–H groups in total. The van der Waals surface area contributed by atoms with E-state index < -0.39 is 11.9 Å². The molecule has 4 heteroatoms. The van der Waals surface area contributed by atoms with Gasteiger partial charge in [-0.25, -0.2) is 4.39 Å². The lowest BCUT2D eigenvalue weighted by Crippen LogP contribution is -2.01. The maximum absolute atomic E-state index is 13.1. The lowest BCUT2D eigenvalue weighted by atomic mass is 10.0. The Morgan fingerprint density at radius 3 is 2.41 bits per heavy atom. The minimum Gasteiger partial charge on any atom is -0.384 e. The zero-order valence-corrected chi connectivity index (χ0v) is 11.6. The van der Waals surface area contributed by atoms with Gasteiger partial charge in [-0.05, 0) is 58.5 Å². The van der Waals surface area contributed by atoms with Crippen LogP contribution >= 0.6 is 34.2 Å². The predicted octanol–water partition coefficient (Wildman–Crippen LogP) is 4.17. The van der Waals surface area contributed by atoms with Gasteiger partial charge in [-0.2, -0.15) is 0 Å². The molecule has 1 unspecified atom stereocenters. The molecule has 2 aromatic rings. The number of aliphatic hydroxyl groups is 1. The molecule has 17 heavy (non-hydrogen) atoms. The highest BCUT2D eigenvalue weighted by Gasteiger charge is 2.14. The van der Waals surface area contributed by atoms with Crippen LogP contribution in [0.2, 0.25) is 5.02 Å². The zero-order chi connectivity index (χ0) is 12.4. The molecule has 0 aliphatic rings. The van der Waals surface area contributed by atoms with Crippen molar-refractivity contribution in [3.05, 3.63) is 68.0 Å². The smallest absolute Gasteiger partial charge is 0.123 e. The van der Waals surface area contributed by atoms with E-state index in [0.29, 0.717) is 16.1 Å². The fourth-order valence-corrected chi connectivity index (χ4v) is 2.13. The van der Waals surface area contributed by atoms with Gasteiger partial charge in [-0.3, -0.25) is 0 Å². The second kappa shape index (κ2) is 5.33. The van der Waals surface area contributed by atoms with Gasteiger partial charge in [0, 0.05) is 14.2 Å². The van der Waals surface area contributed by atoms with E-state index in [4.69, 9.17) is 11.6 Å². The highest BCUT2D eigenvalue weighted by Crippen LogP contribution is 2.29. The molecular formula is C13H9ClFIO. The summed E-state index contributed by atoms with van der Waals surface area (Å²) in [6, 6.07) is 11.3. The average molecular weight is 363 g/mol. The molecule has 2 rings (SSSR count). The van der Waals surface area contributed by atoms with E-state index in [1.165, 1.54) is 18.2 Å². The first kappa shape index (κ1) is 12.8. The second-order valence-corrected chi connectivity index (χ2v) is 5.27. The summed E-state index contributed by atoms with van der Waals surface area (Å²) in [5, 5.41) is 10.5. The summed E-state index contributed by atoms with van der Waals surface area (Å²) >= 11 is 8.12. The molecule has 0 aromatic heterocycles. The average Bonchev–Trinajstić information content (AvgIpc) is 2.32. The van der Waals surface area contributed by atoms with E-state index in [2.05, 4.69) is 22.6 Å². The summed E-state index contributed by atoms with van der Waals surface area (Å²) in [4.78, 5) is 0. The van der Waals surface area contributed by atoms with Crippen molar-refractivity contribution in [2.45, 2.75) is 6.10 Å². The van der Waals surface area contributed by atoms with Gasteiger partial charge in [0.15, 0.2) is 0 Å². The molecular weight excluding hydrogens is 353 g/mol. The second-order valence-electron chi connectivity index (χ2n) is 3.62. The number of benzene rings is 2. The summed E-state index contributed by atoms with van der Waals surface area (Å²) in [7, 11) is 0. The third kappa shape index (κ3) is 2.97. The van der Waals surface area contributed by atoms with Crippen molar-refractivity contribution >= 4 is 34.2 Å². The van der Waals surface area contributed by atoms with E-state index in [1.807, 2.05) is 12.1 Å². The fraction of sp³-hybridized carbons (Fsp3) is 0.0769. The molecule has 0 radical (unpaired) electrons. The summed E-state index contributed by atoms with van der Waals surface area (Å²) in [5.74, 6) is -0.408. The first-order valence-electron chi connectivity index (χ1n) is 4.96. The normalized spacial score (nSPS) is 12.5. The summed E-state index contributed by atoms with van der Waals surface area (Å²) in [6.45, 7) is 0. The SMILES string of the molecule is OC(c1ccc(I)cc1)c1cc(F)ccc1Cl. The molecule has 0 amide bonds. The van der Waals surface area contributed by atoms with Crippen molar-refractivity contribution in [1.82, 2.24) is 0 Å². The summed E-state index contributed by atoms with van der Waals surface area (Å²) < 4.78 is 14.2. The molecule has 1 nitrogen and oxygen atoms in total. The Morgan fingerprint density at radius 2 is 1.76 bits per heavy atom. The van der Waals surface area contributed by atoms with Crippen LogP contribution in [0.1, 0.15) is 17.2 Å². The van der Waals surface area contributed by atoms with Gasteiger partial charge >= 0.3 is 0 Å². The zero-order valence-electron chi connectivity index (χ0n) is 8.70. The van der Waals surface area contributed by atoms with Crippen molar-refractivity contribution in [3.63, 3.8) is 0 Å². The third-order valence-corrected chi connectivity index (χ3v) is 3.50. The molecule has 0 spiro atoms. The minimum absolute atomic E-state index is 0.359. The van der Waals surface area contributed by atoms with Crippen LogP contribution < -0.4 is 0 Å². The van der Waals surface area contributed by atoms with E-state index in [9.17, 15) is 9.50 Å². The molecule has 0 aliphatic carbocycles. The van der Waals surface area contributed by atoms with Crippen LogP contribution in [-0.2, 0) is 0 Å². The Balaban J connectivity index is 2.39. The highest BCUT2D eigenvalue weighted by molar-refractivity contribution is 14.1. The highest BCUT2D eigenvalue weighted by atomic mass is 127. The van der Waals surface area contributed by atoms with Crippen LogP contribution in [0, 0.1) is 9.39 Å². The Labute approximate surface area is 117 Å². The fourth-order valence-electron chi connectivity index (χ4n) is 1.55. The lowest BCUT2D eigenvalue weighted by molar-refractivity contribution is 0.220. The maximum atomic E-state index is 13.1. The number of hydrogen-bond acceptors (Lipinski definition) is 1. The number of aliphatic hydroxyl groups excluding tert-OH is 1. The van der Waals surface area contributed by atoms with Gasteiger partial charge in [-0.1, -0.05) is 23.7 Å². The molecule has 88 valence electrons. The Kier molecular flexibility index (Phi) is 4.01. The van der Waals surface area contributed by atoms with Crippen molar-refractivity contribution < 1.29 is 9.50 Å². The van der Waals surface area contributed by atoms with Crippen LogP contribution in [-0.4, -0.2) is 5.11 Å². The van der Waals surface area contributed by atoms with Gasteiger partial charge in [0.25, 0.3) is 0 Å². The van der Waals surface area contributed by atoms with E-state index in [1.54, 1.807) is 12.1 Å². The van der Waals surface area contributed by atoms with Crippen molar-refractivity contribution in [2.24, 2.45) is 0 Å². The van der Waals surface area contributed by atoms with Gasteiger partial charge in [0.05, 0.1) is 0 Å². The number of halogens is 3. The first-order chi connectivity index (χ1) is 8.08. The van der Waals surface area contributed by atoms with E-state index >= 15 is 0 Å². The third-order valence-electron chi connectivity index (χ3n) is 2.44. The molecule has 0 fully saturated rings. The molecule has 1 atom stereocenters. The number of rotatable bonds is 2. The van der Waals surface area contributed by atoms with Crippen molar-refractivity contribution in [2.75, 3.05) is 0 Å². The lowest BCUT2D eigenvalue weighted by Gasteiger charge is -2.13. The molecule has 0 bridgehead atoms. The number of hydrogen-bond donors (Lipinski definition) is 1. The van der Waals surface area contributed by atoms with Gasteiger partial charge in [-0.15, -0.1) is 0 Å². The van der Waals surface area contributed by atoms with Crippen LogP contribution in [0.3, 0.4) is 0 Å². The van der Waals surface area contributed by atoms with Gasteiger partial charge in [0.1, 0.15) is 11.9 Å². The predicted molar refractivity (Wildman–Crippen MR) is 74.6 cm³/mol. The molecule has 0 aliphatic heterocycles. The van der Waals surface area contributed by atoms with Crippen LogP contribution in [0.25, 0.3) is 0 Å². The minimum atomic E-state index is -0.907. The van der Waals surface area contributed by atoms with Gasteiger partial charge < -0.3 is 5.11 Å². The van der Waals surface area contributed by atoms with Gasteiger partial charge in [0.2, 0.25) is 0 Å². The standard InChI is InChI=1S/C13H9ClFIO/c14-12-6-3-9(15)7-11(12)13(17)8-1-4-10(16)5-2-8/h1-7,13,17H. The first-order valence-corrected chi connectivity index (χ1v) is 6.42. The Morgan fingerprint density at radius 1 is 1.12 bits per heavy atom. The molecule has 0 heterocycles. The molecule has 0 saturated carbocycles. The topological polar surface area (TPSA) is 20.2 Å². The summed E-state index contributed by atoms with van der Waals surface area (Å²) in [6.07, 6.45) is -0.907.